The third-order valence-corrected chi connectivity index (χ3v) is 2.83. The summed E-state index contributed by atoms with van der Waals surface area (Å²) in [4.78, 5) is 0. The fourth-order valence-electron chi connectivity index (χ4n) is 1.52. The number of benzene rings is 1. The van der Waals surface area contributed by atoms with Crippen LogP contribution in [0.1, 0.15) is 18.9 Å². The van der Waals surface area contributed by atoms with Gasteiger partial charge in [-0.3, -0.25) is 0 Å². The van der Waals surface area contributed by atoms with E-state index in [9.17, 15) is 0 Å². The zero-order chi connectivity index (χ0) is 13.2. The molecule has 0 bridgehead atoms. The van der Waals surface area contributed by atoms with Gasteiger partial charge in [0.15, 0.2) is 0 Å². The minimum Gasteiger partial charge on any atom is -0.385 e. The summed E-state index contributed by atoms with van der Waals surface area (Å²) in [5.74, 6) is 0. The van der Waals surface area contributed by atoms with Crippen LogP contribution in [0.5, 0.6) is 0 Å². The summed E-state index contributed by atoms with van der Waals surface area (Å²) in [6, 6.07) is 7.74. The number of halogens is 1. The van der Waals surface area contributed by atoms with Crippen molar-refractivity contribution in [2.24, 2.45) is 0 Å². The molecule has 0 aliphatic rings. The van der Waals surface area contributed by atoms with Crippen LogP contribution in [0, 0.1) is 0 Å². The van der Waals surface area contributed by atoms with Crippen LogP contribution in [0.15, 0.2) is 24.3 Å². The Kier molecular flexibility index (Phi) is 8.01. The normalized spacial score (nSPS) is 12.6. The van der Waals surface area contributed by atoms with Crippen molar-refractivity contribution in [2.45, 2.75) is 26.1 Å². The molecule has 3 nitrogen and oxygen atoms in total. The molecule has 1 atom stereocenters. The molecule has 0 fully saturated rings. The number of methoxy groups -OCH3 is 1. The molecular formula is C14H22ClNO2. The summed E-state index contributed by atoms with van der Waals surface area (Å²) >= 11 is 5.82. The Balaban J connectivity index is 2.09. The van der Waals surface area contributed by atoms with E-state index in [2.05, 4.69) is 12.2 Å². The van der Waals surface area contributed by atoms with E-state index in [-0.39, 0.29) is 6.10 Å². The molecule has 1 aromatic carbocycles. The quantitative estimate of drug-likeness (QED) is 0.701. The van der Waals surface area contributed by atoms with Crippen LogP contribution in [-0.2, 0) is 16.1 Å². The Hall–Kier alpha value is -0.610. The third kappa shape index (κ3) is 6.97. The summed E-state index contributed by atoms with van der Waals surface area (Å²) in [5, 5.41) is 4.10. The largest absolute Gasteiger partial charge is 0.385 e. The highest BCUT2D eigenvalue weighted by atomic mass is 35.5. The van der Waals surface area contributed by atoms with Crippen LogP contribution in [0.2, 0.25) is 5.02 Å². The SMILES string of the molecule is COCCCNCC(C)OCc1ccc(Cl)cc1. The highest BCUT2D eigenvalue weighted by Crippen LogP contribution is 2.10. The average Bonchev–Trinajstić information content (AvgIpc) is 2.38. The second-order valence-corrected chi connectivity index (χ2v) is 4.74. The van der Waals surface area contributed by atoms with Gasteiger partial charge in [0.2, 0.25) is 0 Å². The van der Waals surface area contributed by atoms with Crippen LogP contribution in [0.3, 0.4) is 0 Å². The number of hydrogen-bond donors (Lipinski definition) is 1. The zero-order valence-corrected chi connectivity index (χ0v) is 11.9. The maximum atomic E-state index is 5.82. The monoisotopic (exact) mass is 271 g/mol. The van der Waals surface area contributed by atoms with E-state index in [1.54, 1.807) is 7.11 Å². The maximum absolute atomic E-state index is 5.82. The summed E-state index contributed by atoms with van der Waals surface area (Å²) in [5.41, 5.74) is 1.14. The lowest BCUT2D eigenvalue weighted by atomic mass is 10.2. The summed E-state index contributed by atoms with van der Waals surface area (Å²) in [6.07, 6.45) is 1.23. The van der Waals surface area contributed by atoms with Gasteiger partial charge in [-0.15, -0.1) is 0 Å². The molecule has 0 saturated carbocycles. The van der Waals surface area contributed by atoms with Crippen molar-refractivity contribution in [2.75, 3.05) is 26.8 Å². The van der Waals surface area contributed by atoms with Crippen molar-refractivity contribution in [1.82, 2.24) is 5.32 Å². The molecule has 102 valence electrons. The predicted molar refractivity (Wildman–Crippen MR) is 75.1 cm³/mol. The molecule has 1 unspecified atom stereocenters. The molecule has 0 saturated heterocycles. The summed E-state index contributed by atoms with van der Waals surface area (Å²) in [7, 11) is 1.72. The number of hydrogen-bond acceptors (Lipinski definition) is 3. The van der Waals surface area contributed by atoms with Gasteiger partial charge >= 0.3 is 0 Å². The molecule has 0 radical (unpaired) electrons. The van der Waals surface area contributed by atoms with Crippen molar-refractivity contribution in [3.05, 3.63) is 34.9 Å². The van der Waals surface area contributed by atoms with Crippen molar-refractivity contribution in [1.29, 1.82) is 0 Å². The molecule has 1 rings (SSSR count). The lowest BCUT2D eigenvalue weighted by Gasteiger charge is -2.14. The Labute approximate surface area is 114 Å². The van der Waals surface area contributed by atoms with Gasteiger partial charge in [0, 0.05) is 25.3 Å². The second kappa shape index (κ2) is 9.34. The highest BCUT2D eigenvalue weighted by Gasteiger charge is 2.02. The molecule has 0 heterocycles. The molecule has 0 aromatic heterocycles. The van der Waals surface area contributed by atoms with E-state index in [0.717, 1.165) is 36.7 Å². The maximum Gasteiger partial charge on any atom is 0.0721 e. The van der Waals surface area contributed by atoms with E-state index < -0.39 is 0 Å². The number of rotatable bonds is 9. The molecule has 0 spiro atoms. The minimum absolute atomic E-state index is 0.197. The lowest BCUT2D eigenvalue weighted by molar-refractivity contribution is 0.0529. The molecule has 0 aliphatic heterocycles. The molecule has 0 amide bonds. The van der Waals surface area contributed by atoms with Crippen molar-refractivity contribution < 1.29 is 9.47 Å². The third-order valence-electron chi connectivity index (χ3n) is 2.58. The molecule has 18 heavy (non-hydrogen) atoms. The van der Waals surface area contributed by atoms with Crippen molar-refractivity contribution >= 4 is 11.6 Å². The molecule has 0 aliphatic carbocycles. The first-order valence-electron chi connectivity index (χ1n) is 6.28. The smallest absolute Gasteiger partial charge is 0.0721 e. The lowest BCUT2D eigenvalue weighted by Crippen LogP contribution is -2.28. The average molecular weight is 272 g/mol. The van der Waals surface area contributed by atoms with Gasteiger partial charge < -0.3 is 14.8 Å². The van der Waals surface area contributed by atoms with Gasteiger partial charge in [0.05, 0.1) is 12.7 Å². The standard InChI is InChI=1S/C14H22ClNO2/c1-12(10-16-8-3-9-17-2)18-11-13-4-6-14(15)7-5-13/h4-7,12,16H,3,8-11H2,1-2H3. The van der Waals surface area contributed by atoms with Gasteiger partial charge in [0.1, 0.15) is 0 Å². The Morgan fingerprint density at radius 3 is 2.67 bits per heavy atom. The zero-order valence-electron chi connectivity index (χ0n) is 11.1. The van der Waals surface area contributed by atoms with Crippen LogP contribution < -0.4 is 5.32 Å². The first kappa shape index (κ1) is 15.4. The van der Waals surface area contributed by atoms with Gasteiger partial charge in [-0.25, -0.2) is 0 Å². The van der Waals surface area contributed by atoms with Crippen LogP contribution in [0.4, 0.5) is 0 Å². The van der Waals surface area contributed by atoms with Crippen molar-refractivity contribution in [3.8, 4) is 0 Å². The molecular weight excluding hydrogens is 250 g/mol. The predicted octanol–water partition coefficient (Wildman–Crippen LogP) is 2.87. The van der Waals surface area contributed by atoms with Crippen molar-refractivity contribution in [3.63, 3.8) is 0 Å². The van der Waals surface area contributed by atoms with E-state index in [1.807, 2.05) is 24.3 Å². The summed E-state index contributed by atoms with van der Waals surface area (Å²) < 4.78 is 10.7. The molecule has 4 heteroatoms. The van der Waals surface area contributed by atoms with E-state index in [4.69, 9.17) is 21.1 Å². The van der Waals surface area contributed by atoms with Gasteiger partial charge in [0.25, 0.3) is 0 Å². The van der Waals surface area contributed by atoms with E-state index in [1.165, 1.54) is 0 Å². The minimum atomic E-state index is 0.197. The number of nitrogens with one attached hydrogen (secondary N) is 1. The highest BCUT2D eigenvalue weighted by molar-refractivity contribution is 6.30. The van der Waals surface area contributed by atoms with Crippen LogP contribution >= 0.6 is 11.6 Å². The van der Waals surface area contributed by atoms with Crippen LogP contribution in [-0.4, -0.2) is 32.9 Å². The topological polar surface area (TPSA) is 30.5 Å². The Morgan fingerprint density at radius 1 is 1.28 bits per heavy atom. The first-order chi connectivity index (χ1) is 8.72. The second-order valence-electron chi connectivity index (χ2n) is 4.30. The fraction of sp³-hybridized carbons (Fsp3) is 0.571. The van der Waals surface area contributed by atoms with Gasteiger partial charge in [-0.05, 0) is 37.6 Å². The van der Waals surface area contributed by atoms with E-state index >= 15 is 0 Å². The molecule has 1 aromatic rings. The fourth-order valence-corrected chi connectivity index (χ4v) is 1.65. The molecule has 1 N–H and O–H groups in total. The Bertz CT molecular complexity index is 316. The summed E-state index contributed by atoms with van der Waals surface area (Å²) in [6.45, 7) is 5.31. The first-order valence-corrected chi connectivity index (χ1v) is 6.66. The van der Waals surface area contributed by atoms with Crippen LogP contribution in [0.25, 0.3) is 0 Å². The Morgan fingerprint density at radius 2 is 2.00 bits per heavy atom. The van der Waals surface area contributed by atoms with Gasteiger partial charge in [-0.2, -0.15) is 0 Å². The van der Waals surface area contributed by atoms with Gasteiger partial charge in [-0.1, -0.05) is 23.7 Å². The number of ether oxygens (including phenoxy) is 2. The van der Waals surface area contributed by atoms with E-state index in [0.29, 0.717) is 6.61 Å².